The third kappa shape index (κ3) is 5.66. The Bertz CT molecular complexity index is 749. The first-order chi connectivity index (χ1) is 15.5. The Morgan fingerprint density at radius 2 is 1.88 bits per heavy atom. The molecule has 0 heterocycles. The number of hydrogen-bond donors (Lipinski definition) is 4. The van der Waals surface area contributed by atoms with Crippen LogP contribution in [0.25, 0.3) is 0 Å². The van der Waals surface area contributed by atoms with Crippen LogP contribution in [0.3, 0.4) is 0 Å². The first-order valence-corrected chi connectivity index (χ1v) is 13.4. The third-order valence-electron chi connectivity index (χ3n) is 9.77. The van der Waals surface area contributed by atoms with E-state index >= 15 is 0 Å². The maximum atomic E-state index is 11.1. The van der Waals surface area contributed by atoms with Gasteiger partial charge in [0.25, 0.3) is 0 Å². The Hall–Kier alpha value is -0.940. The molecular formula is C29H48O4. The van der Waals surface area contributed by atoms with Crippen LogP contribution in [0.2, 0.25) is 0 Å². The summed E-state index contributed by atoms with van der Waals surface area (Å²) < 4.78 is 0. The van der Waals surface area contributed by atoms with Gasteiger partial charge in [-0.05, 0) is 98.5 Å². The molecule has 0 aromatic rings. The SMILES string of the molecule is C=C1/C(=C\C=C2/CCC[C@]3(C)[C@@H]([C@@H](C)[C@H](O)CCC(O)(CC)CC)CC[C@@H]23)C[C@@H](O)C[C@@H]1O. The van der Waals surface area contributed by atoms with Gasteiger partial charge in [0.2, 0.25) is 0 Å². The van der Waals surface area contributed by atoms with Gasteiger partial charge in [-0.15, -0.1) is 0 Å². The molecule has 7 atom stereocenters. The topological polar surface area (TPSA) is 80.9 Å². The van der Waals surface area contributed by atoms with Crippen LogP contribution in [0.5, 0.6) is 0 Å². The van der Waals surface area contributed by atoms with Crippen molar-refractivity contribution < 1.29 is 20.4 Å². The van der Waals surface area contributed by atoms with Gasteiger partial charge in [-0.1, -0.05) is 52.0 Å². The summed E-state index contributed by atoms with van der Waals surface area (Å²) in [6, 6.07) is 0. The second kappa shape index (κ2) is 10.8. The van der Waals surface area contributed by atoms with Gasteiger partial charge in [-0.3, -0.25) is 0 Å². The zero-order valence-electron chi connectivity index (χ0n) is 21.4. The van der Waals surface area contributed by atoms with Gasteiger partial charge in [0.1, 0.15) is 0 Å². The molecular weight excluding hydrogens is 412 g/mol. The number of aliphatic hydroxyl groups is 4. The summed E-state index contributed by atoms with van der Waals surface area (Å²) in [6.07, 6.45) is 12.3. The zero-order chi connectivity index (χ0) is 24.4. The summed E-state index contributed by atoms with van der Waals surface area (Å²) >= 11 is 0. The van der Waals surface area contributed by atoms with Gasteiger partial charge in [0, 0.05) is 6.42 Å². The standard InChI is InChI=1S/C29H48O4/c1-6-29(33,7-2)16-14-26(31)20(4)24-12-13-25-21(9-8-15-28(24,25)5)10-11-22-17-23(30)18-27(32)19(22)3/h10-11,20,23-27,30-33H,3,6-9,12-18H2,1-2,4-5H3/b21-10+,22-11-/t20-,23-,24-,25+,26-,27+,28-/m1/s1. The van der Waals surface area contributed by atoms with Crippen molar-refractivity contribution >= 4 is 0 Å². The number of fused-ring (bicyclic) bond motifs is 1. The van der Waals surface area contributed by atoms with Crippen molar-refractivity contribution in [2.45, 2.75) is 122 Å². The Kier molecular flexibility index (Phi) is 8.70. The van der Waals surface area contributed by atoms with E-state index in [0.717, 1.165) is 43.3 Å². The second-order valence-corrected chi connectivity index (χ2v) is 11.6. The predicted octanol–water partition coefficient (Wildman–Crippen LogP) is 5.46. The molecule has 3 saturated carbocycles. The molecule has 0 bridgehead atoms. The minimum Gasteiger partial charge on any atom is -0.393 e. The van der Waals surface area contributed by atoms with E-state index in [9.17, 15) is 20.4 Å². The molecule has 3 aliphatic carbocycles. The molecule has 3 aliphatic rings. The van der Waals surface area contributed by atoms with Crippen LogP contribution < -0.4 is 0 Å². The average molecular weight is 461 g/mol. The second-order valence-electron chi connectivity index (χ2n) is 11.6. The van der Waals surface area contributed by atoms with Gasteiger partial charge in [-0.25, -0.2) is 0 Å². The first-order valence-electron chi connectivity index (χ1n) is 13.4. The molecule has 4 nitrogen and oxygen atoms in total. The van der Waals surface area contributed by atoms with Crippen molar-refractivity contribution in [3.8, 4) is 0 Å². The van der Waals surface area contributed by atoms with Crippen molar-refractivity contribution in [3.05, 3.63) is 35.5 Å². The molecule has 33 heavy (non-hydrogen) atoms. The molecule has 0 amide bonds. The average Bonchev–Trinajstić information content (AvgIpc) is 3.15. The van der Waals surface area contributed by atoms with Crippen LogP contribution in [-0.2, 0) is 0 Å². The molecule has 0 spiro atoms. The molecule has 3 rings (SSSR count). The van der Waals surface area contributed by atoms with Crippen molar-refractivity contribution in [3.63, 3.8) is 0 Å². The maximum absolute atomic E-state index is 11.1. The summed E-state index contributed by atoms with van der Waals surface area (Å²) in [5.74, 6) is 1.23. The van der Waals surface area contributed by atoms with E-state index in [1.807, 2.05) is 13.8 Å². The maximum Gasteiger partial charge on any atom is 0.0811 e. The minimum absolute atomic E-state index is 0.192. The van der Waals surface area contributed by atoms with Gasteiger partial charge >= 0.3 is 0 Å². The number of rotatable bonds is 8. The van der Waals surface area contributed by atoms with E-state index in [1.165, 1.54) is 18.4 Å². The van der Waals surface area contributed by atoms with E-state index in [4.69, 9.17) is 0 Å². The van der Waals surface area contributed by atoms with Crippen LogP contribution in [0.1, 0.15) is 98.3 Å². The quantitative estimate of drug-likeness (QED) is 0.388. The summed E-state index contributed by atoms with van der Waals surface area (Å²) in [5, 5.41) is 41.9. The molecule has 188 valence electrons. The Balaban J connectivity index is 1.72. The van der Waals surface area contributed by atoms with E-state index in [0.29, 0.717) is 37.5 Å². The van der Waals surface area contributed by atoms with Crippen molar-refractivity contribution in [1.29, 1.82) is 0 Å². The van der Waals surface area contributed by atoms with Gasteiger partial charge in [0.05, 0.1) is 23.9 Å². The lowest BCUT2D eigenvalue weighted by atomic mass is 9.60. The molecule has 4 N–H and O–H groups in total. The smallest absolute Gasteiger partial charge is 0.0811 e. The third-order valence-corrected chi connectivity index (χ3v) is 9.77. The van der Waals surface area contributed by atoms with Crippen LogP contribution in [0.15, 0.2) is 35.5 Å². The van der Waals surface area contributed by atoms with Crippen molar-refractivity contribution in [1.82, 2.24) is 0 Å². The monoisotopic (exact) mass is 460 g/mol. The number of hydrogen-bond acceptors (Lipinski definition) is 4. The van der Waals surface area contributed by atoms with Gasteiger partial charge < -0.3 is 20.4 Å². The molecule has 4 heteroatoms. The fourth-order valence-electron chi connectivity index (χ4n) is 7.16. The predicted molar refractivity (Wildman–Crippen MR) is 135 cm³/mol. The van der Waals surface area contributed by atoms with E-state index in [1.54, 1.807) is 0 Å². The minimum atomic E-state index is -0.651. The molecule has 0 radical (unpaired) electrons. The lowest BCUT2D eigenvalue weighted by molar-refractivity contribution is -0.0182. The summed E-state index contributed by atoms with van der Waals surface area (Å²) in [7, 11) is 0. The highest BCUT2D eigenvalue weighted by Crippen LogP contribution is 2.60. The number of aliphatic hydroxyl groups excluding tert-OH is 3. The molecule has 0 saturated heterocycles. The molecule has 0 aliphatic heterocycles. The van der Waals surface area contributed by atoms with Crippen molar-refractivity contribution in [2.75, 3.05) is 0 Å². The summed E-state index contributed by atoms with van der Waals surface area (Å²) in [5.41, 5.74) is 2.74. The molecule has 0 unspecified atom stereocenters. The summed E-state index contributed by atoms with van der Waals surface area (Å²) in [6.45, 7) is 12.7. The van der Waals surface area contributed by atoms with Crippen molar-refractivity contribution in [2.24, 2.45) is 23.2 Å². The van der Waals surface area contributed by atoms with Gasteiger partial charge in [-0.2, -0.15) is 0 Å². The lowest BCUT2D eigenvalue weighted by Gasteiger charge is -2.45. The largest absolute Gasteiger partial charge is 0.393 e. The Labute approximate surface area is 201 Å². The zero-order valence-corrected chi connectivity index (χ0v) is 21.4. The first kappa shape index (κ1) is 26.7. The van der Waals surface area contributed by atoms with Crippen LogP contribution in [0, 0.1) is 23.2 Å². The highest BCUT2D eigenvalue weighted by molar-refractivity contribution is 5.38. The molecule has 3 fully saturated rings. The fourth-order valence-corrected chi connectivity index (χ4v) is 7.16. The number of allylic oxidation sites excluding steroid dienone is 3. The van der Waals surface area contributed by atoms with Crippen LogP contribution >= 0.6 is 0 Å². The Morgan fingerprint density at radius 3 is 2.55 bits per heavy atom. The molecule has 0 aromatic carbocycles. The lowest BCUT2D eigenvalue weighted by Crippen LogP contribution is -2.40. The highest BCUT2D eigenvalue weighted by atomic mass is 16.3. The highest BCUT2D eigenvalue weighted by Gasteiger charge is 2.51. The Morgan fingerprint density at radius 1 is 1.18 bits per heavy atom. The van der Waals surface area contributed by atoms with Crippen LogP contribution in [-0.4, -0.2) is 44.3 Å². The van der Waals surface area contributed by atoms with Gasteiger partial charge in [0.15, 0.2) is 0 Å². The van der Waals surface area contributed by atoms with E-state index in [-0.39, 0.29) is 17.4 Å². The van der Waals surface area contributed by atoms with Crippen LogP contribution in [0.4, 0.5) is 0 Å². The fraction of sp³-hybridized carbons (Fsp3) is 0.793. The van der Waals surface area contributed by atoms with E-state index < -0.39 is 17.8 Å². The molecule has 0 aromatic heterocycles. The van der Waals surface area contributed by atoms with E-state index in [2.05, 4.69) is 32.6 Å². The summed E-state index contributed by atoms with van der Waals surface area (Å²) in [4.78, 5) is 0. The normalized spacial score (nSPS) is 37.4.